The van der Waals surface area contributed by atoms with Gasteiger partial charge in [0.05, 0.1) is 5.69 Å². The molecule has 4 nitrogen and oxygen atoms in total. The number of rotatable bonds is 8. The molecule has 0 atom stereocenters. The van der Waals surface area contributed by atoms with Gasteiger partial charge in [-0.2, -0.15) is 0 Å². The zero-order valence-electron chi connectivity index (χ0n) is 16.0. The van der Waals surface area contributed by atoms with E-state index in [1.165, 1.54) is 0 Å². The number of aliphatic imine (C=N–C) groups is 1. The first-order valence-electron chi connectivity index (χ1n) is 9.44. The number of anilines is 1. The highest BCUT2D eigenvalue weighted by atomic mass is 16.5. The molecule has 1 amide bonds. The van der Waals surface area contributed by atoms with Crippen molar-refractivity contribution in [1.29, 1.82) is 0 Å². The van der Waals surface area contributed by atoms with Gasteiger partial charge in [0.2, 0.25) is 5.91 Å². The summed E-state index contributed by atoms with van der Waals surface area (Å²) in [6.45, 7) is 2.52. The van der Waals surface area contributed by atoms with Crippen molar-refractivity contribution in [2.24, 2.45) is 4.99 Å². The number of nitrogens with one attached hydrogen (secondary N) is 1. The molecule has 0 saturated carbocycles. The molecule has 4 heteroatoms. The summed E-state index contributed by atoms with van der Waals surface area (Å²) in [5.41, 5.74) is 3.70. The molecule has 0 fully saturated rings. The SMILES string of the molecule is CCCC(=O)Nc1ccc(N=Cc2cccc(OCc3ccccc3)c2)cc1. The van der Waals surface area contributed by atoms with Gasteiger partial charge in [0.1, 0.15) is 12.4 Å². The van der Waals surface area contributed by atoms with Gasteiger partial charge in [0.15, 0.2) is 0 Å². The third-order valence-electron chi connectivity index (χ3n) is 4.10. The van der Waals surface area contributed by atoms with Crippen molar-refractivity contribution in [2.75, 3.05) is 5.32 Å². The van der Waals surface area contributed by atoms with Crippen LogP contribution in [0.1, 0.15) is 30.9 Å². The summed E-state index contributed by atoms with van der Waals surface area (Å²) < 4.78 is 5.86. The Morgan fingerprint density at radius 3 is 2.54 bits per heavy atom. The molecule has 0 spiro atoms. The monoisotopic (exact) mass is 372 g/mol. The van der Waals surface area contributed by atoms with Gasteiger partial charge >= 0.3 is 0 Å². The summed E-state index contributed by atoms with van der Waals surface area (Å²) in [6.07, 6.45) is 3.17. The van der Waals surface area contributed by atoms with Gasteiger partial charge in [0, 0.05) is 18.3 Å². The second-order valence-electron chi connectivity index (χ2n) is 6.45. The number of hydrogen-bond donors (Lipinski definition) is 1. The fourth-order valence-corrected chi connectivity index (χ4v) is 2.66. The Morgan fingerprint density at radius 2 is 1.79 bits per heavy atom. The van der Waals surface area contributed by atoms with E-state index in [2.05, 4.69) is 10.3 Å². The predicted molar refractivity (Wildman–Crippen MR) is 114 cm³/mol. The van der Waals surface area contributed by atoms with Crippen LogP contribution in [0.5, 0.6) is 5.75 Å². The van der Waals surface area contributed by atoms with Crippen LogP contribution in [0.25, 0.3) is 0 Å². The van der Waals surface area contributed by atoms with E-state index in [0.29, 0.717) is 13.0 Å². The van der Waals surface area contributed by atoms with E-state index in [4.69, 9.17) is 4.74 Å². The minimum atomic E-state index is 0.0334. The fraction of sp³-hybridized carbons (Fsp3) is 0.167. The Kier molecular flexibility index (Phi) is 6.96. The lowest BCUT2D eigenvalue weighted by Crippen LogP contribution is -2.10. The molecule has 0 bridgehead atoms. The van der Waals surface area contributed by atoms with Crippen molar-refractivity contribution < 1.29 is 9.53 Å². The zero-order valence-corrected chi connectivity index (χ0v) is 16.0. The molecular weight excluding hydrogens is 348 g/mol. The van der Waals surface area contributed by atoms with Crippen LogP contribution >= 0.6 is 0 Å². The van der Waals surface area contributed by atoms with Crippen LogP contribution in [0.15, 0.2) is 83.9 Å². The number of carbonyl (C=O) groups is 1. The molecular formula is C24H24N2O2. The van der Waals surface area contributed by atoms with Crippen molar-refractivity contribution in [3.05, 3.63) is 90.0 Å². The van der Waals surface area contributed by atoms with Gasteiger partial charge in [-0.1, -0.05) is 49.4 Å². The van der Waals surface area contributed by atoms with E-state index in [9.17, 15) is 4.79 Å². The Morgan fingerprint density at radius 1 is 1.00 bits per heavy atom. The molecule has 0 saturated heterocycles. The van der Waals surface area contributed by atoms with Gasteiger partial charge in [-0.25, -0.2) is 0 Å². The molecule has 0 aliphatic rings. The summed E-state index contributed by atoms with van der Waals surface area (Å²) in [6, 6.07) is 25.4. The van der Waals surface area contributed by atoms with Crippen LogP contribution < -0.4 is 10.1 Å². The summed E-state index contributed by atoms with van der Waals surface area (Å²) >= 11 is 0. The molecule has 0 unspecified atom stereocenters. The molecule has 28 heavy (non-hydrogen) atoms. The van der Waals surface area contributed by atoms with Crippen molar-refractivity contribution in [3.63, 3.8) is 0 Å². The minimum Gasteiger partial charge on any atom is -0.489 e. The quantitative estimate of drug-likeness (QED) is 0.512. The molecule has 142 valence electrons. The van der Waals surface area contributed by atoms with E-state index in [0.717, 1.165) is 34.7 Å². The minimum absolute atomic E-state index is 0.0334. The van der Waals surface area contributed by atoms with Crippen molar-refractivity contribution in [3.8, 4) is 5.75 Å². The average Bonchev–Trinajstić information content (AvgIpc) is 2.73. The lowest BCUT2D eigenvalue weighted by molar-refractivity contribution is -0.116. The molecule has 0 aliphatic carbocycles. The smallest absolute Gasteiger partial charge is 0.224 e. The normalized spacial score (nSPS) is 10.8. The first-order valence-corrected chi connectivity index (χ1v) is 9.44. The van der Waals surface area contributed by atoms with E-state index in [1.807, 2.05) is 85.8 Å². The second-order valence-corrected chi connectivity index (χ2v) is 6.45. The number of ether oxygens (including phenoxy) is 1. The van der Waals surface area contributed by atoms with Crippen LogP contribution in [0.4, 0.5) is 11.4 Å². The van der Waals surface area contributed by atoms with Gasteiger partial charge in [0.25, 0.3) is 0 Å². The third-order valence-corrected chi connectivity index (χ3v) is 4.10. The molecule has 3 aromatic rings. The maximum Gasteiger partial charge on any atom is 0.224 e. The van der Waals surface area contributed by atoms with Gasteiger partial charge in [-0.15, -0.1) is 0 Å². The summed E-state index contributed by atoms with van der Waals surface area (Å²) in [5, 5.41) is 2.87. The highest BCUT2D eigenvalue weighted by Gasteiger charge is 2.00. The van der Waals surface area contributed by atoms with Crippen LogP contribution in [-0.2, 0) is 11.4 Å². The summed E-state index contributed by atoms with van der Waals surface area (Å²) in [7, 11) is 0. The van der Waals surface area contributed by atoms with Gasteiger partial charge < -0.3 is 10.1 Å². The van der Waals surface area contributed by atoms with Crippen LogP contribution in [0.2, 0.25) is 0 Å². The number of hydrogen-bond acceptors (Lipinski definition) is 3. The largest absolute Gasteiger partial charge is 0.489 e. The molecule has 0 aromatic heterocycles. The maximum absolute atomic E-state index is 11.6. The Balaban J connectivity index is 1.58. The van der Waals surface area contributed by atoms with E-state index < -0.39 is 0 Å². The van der Waals surface area contributed by atoms with Crippen LogP contribution in [0.3, 0.4) is 0 Å². The van der Waals surface area contributed by atoms with Gasteiger partial charge in [-0.05, 0) is 53.9 Å². The van der Waals surface area contributed by atoms with E-state index >= 15 is 0 Å². The molecule has 0 aliphatic heterocycles. The Hall–Kier alpha value is -3.40. The average molecular weight is 372 g/mol. The highest BCUT2D eigenvalue weighted by Crippen LogP contribution is 2.18. The van der Waals surface area contributed by atoms with Crippen molar-refractivity contribution in [2.45, 2.75) is 26.4 Å². The van der Waals surface area contributed by atoms with Crippen molar-refractivity contribution in [1.82, 2.24) is 0 Å². The third kappa shape index (κ3) is 6.09. The van der Waals surface area contributed by atoms with E-state index in [1.54, 1.807) is 6.21 Å². The maximum atomic E-state index is 11.6. The lowest BCUT2D eigenvalue weighted by atomic mass is 10.2. The first-order chi connectivity index (χ1) is 13.7. The van der Waals surface area contributed by atoms with Crippen LogP contribution in [0, 0.1) is 0 Å². The van der Waals surface area contributed by atoms with E-state index in [-0.39, 0.29) is 5.91 Å². The molecule has 3 rings (SSSR count). The Bertz CT molecular complexity index is 919. The Labute approximate surface area is 165 Å². The number of nitrogens with zero attached hydrogens (tertiary/aromatic N) is 1. The summed E-state index contributed by atoms with van der Waals surface area (Å²) in [5.74, 6) is 0.841. The molecule has 0 radical (unpaired) electrons. The van der Waals surface area contributed by atoms with Crippen LogP contribution in [-0.4, -0.2) is 12.1 Å². The van der Waals surface area contributed by atoms with Crippen molar-refractivity contribution >= 4 is 23.5 Å². The fourth-order valence-electron chi connectivity index (χ4n) is 2.66. The standard InChI is InChI=1S/C24H24N2O2/c1-2-7-24(27)26-22-14-12-21(13-15-22)25-17-20-10-6-11-23(16-20)28-18-19-8-4-3-5-9-19/h3-6,8-17H,2,7,18H2,1H3,(H,26,27). The number of amides is 1. The zero-order chi connectivity index (χ0) is 19.6. The first kappa shape index (κ1) is 19.4. The number of carbonyl (C=O) groups excluding carboxylic acids is 1. The van der Waals surface area contributed by atoms with Gasteiger partial charge in [-0.3, -0.25) is 9.79 Å². The molecule has 1 N–H and O–H groups in total. The summed E-state index contributed by atoms with van der Waals surface area (Å²) in [4.78, 5) is 16.1. The number of benzene rings is 3. The molecule has 0 heterocycles. The topological polar surface area (TPSA) is 50.7 Å². The molecule has 3 aromatic carbocycles. The predicted octanol–water partition coefficient (Wildman–Crippen LogP) is 5.75. The highest BCUT2D eigenvalue weighted by molar-refractivity contribution is 5.91. The lowest BCUT2D eigenvalue weighted by Gasteiger charge is -2.07. The second kappa shape index (κ2) is 10.1.